The highest BCUT2D eigenvalue weighted by molar-refractivity contribution is 5.88. The van der Waals surface area contributed by atoms with Gasteiger partial charge in [-0.05, 0) is 30.0 Å². The fourth-order valence-corrected chi connectivity index (χ4v) is 3.57. The molecule has 17 heavy (non-hydrogen) atoms. The van der Waals surface area contributed by atoms with E-state index in [-0.39, 0.29) is 0 Å². The first kappa shape index (κ1) is 9.68. The Morgan fingerprint density at radius 2 is 2.24 bits per heavy atom. The second kappa shape index (κ2) is 3.34. The molecule has 4 rings (SSSR count). The zero-order chi connectivity index (χ0) is 11.4. The second-order valence-electron chi connectivity index (χ2n) is 5.40. The van der Waals surface area contributed by atoms with Crippen molar-refractivity contribution in [2.45, 2.75) is 30.8 Å². The molecule has 4 N–H and O–H groups in total. The molecule has 2 aromatic rings. The van der Waals surface area contributed by atoms with Crippen LogP contribution in [0.25, 0.3) is 10.9 Å². The lowest BCUT2D eigenvalue weighted by molar-refractivity contribution is 0.316. The molecule has 1 fully saturated rings. The molecule has 0 saturated carbocycles. The number of piperidine rings is 1. The Balaban J connectivity index is 1.92. The summed E-state index contributed by atoms with van der Waals surface area (Å²) < 4.78 is 0. The number of aromatic nitrogens is 1. The Morgan fingerprint density at radius 1 is 1.29 bits per heavy atom. The standard InChI is InChI=1S/C14H17N3/c15-9-5-11-10-2-1-3-12-14(10)8(6-16-12)4-13(11)17-7-9/h1-3,6,9,11,13,16-17H,4-5,7,15H2/t9-,11?,13-/m1/s1. The number of fused-ring (bicyclic) bond motifs is 2. The number of nitrogens with one attached hydrogen (secondary N) is 2. The van der Waals surface area contributed by atoms with E-state index < -0.39 is 0 Å². The Bertz CT molecular complexity index is 572. The molecule has 3 nitrogen and oxygen atoms in total. The number of hydrogen-bond acceptors (Lipinski definition) is 2. The number of hydrogen-bond donors (Lipinski definition) is 3. The van der Waals surface area contributed by atoms with E-state index in [9.17, 15) is 0 Å². The van der Waals surface area contributed by atoms with Crippen molar-refractivity contribution >= 4 is 10.9 Å². The second-order valence-corrected chi connectivity index (χ2v) is 5.40. The third-order valence-corrected chi connectivity index (χ3v) is 4.34. The van der Waals surface area contributed by atoms with Crippen LogP contribution in [-0.4, -0.2) is 23.6 Å². The van der Waals surface area contributed by atoms with Gasteiger partial charge in [0.1, 0.15) is 0 Å². The van der Waals surface area contributed by atoms with Gasteiger partial charge in [-0.25, -0.2) is 0 Å². The van der Waals surface area contributed by atoms with Crippen LogP contribution in [-0.2, 0) is 6.42 Å². The van der Waals surface area contributed by atoms with E-state index in [0.29, 0.717) is 18.0 Å². The maximum Gasteiger partial charge on any atom is 0.0459 e. The van der Waals surface area contributed by atoms with Crippen molar-refractivity contribution in [1.82, 2.24) is 10.3 Å². The lowest BCUT2D eigenvalue weighted by Gasteiger charge is -2.39. The highest BCUT2D eigenvalue weighted by Crippen LogP contribution is 2.40. The van der Waals surface area contributed by atoms with E-state index in [1.807, 2.05) is 0 Å². The number of rotatable bonds is 0. The molecular weight excluding hydrogens is 210 g/mol. The summed E-state index contributed by atoms with van der Waals surface area (Å²) in [5.41, 5.74) is 10.3. The molecule has 2 aliphatic rings. The van der Waals surface area contributed by atoms with Crippen LogP contribution in [0.2, 0.25) is 0 Å². The van der Waals surface area contributed by atoms with Gasteiger partial charge < -0.3 is 16.0 Å². The summed E-state index contributed by atoms with van der Waals surface area (Å²) in [4.78, 5) is 3.38. The van der Waals surface area contributed by atoms with Gasteiger partial charge >= 0.3 is 0 Å². The minimum atomic E-state index is 0.298. The van der Waals surface area contributed by atoms with Crippen molar-refractivity contribution in [2.75, 3.05) is 6.54 Å². The first-order valence-electron chi connectivity index (χ1n) is 6.41. The maximum atomic E-state index is 6.09. The topological polar surface area (TPSA) is 53.8 Å². The summed E-state index contributed by atoms with van der Waals surface area (Å²) in [6, 6.07) is 7.46. The van der Waals surface area contributed by atoms with Crippen LogP contribution in [0.3, 0.4) is 0 Å². The monoisotopic (exact) mass is 227 g/mol. The number of benzene rings is 1. The van der Waals surface area contributed by atoms with Crippen LogP contribution in [0.4, 0.5) is 0 Å². The molecule has 1 aliphatic carbocycles. The van der Waals surface area contributed by atoms with Gasteiger partial charge in [-0.2, -0.15) is 0 Å². The van der Waals surface area contributed by atoms with Gasteiger partial charge in [0, 0.05) is 41.6 Å². The van der Waals surface area contributed by atoms with Crippen molar-refractivity contribution in [3.8, 4) is 0 Å². The summed E-state index contributed by atoms with van der Waals surface area (Å²) in [5.74, 6) is 0.589. The highest BCUT2D eigenvalue weighted by atomic mass is 15.0. The fourth-order valence-electron chi connectivity index (χ4n) is 3.57. The smallest absolute Gasteiger partial charge is 0.0459 e. The van der Waals surface area contributed by atoms with E-state index >= 15 is 0 Å². The third kappa shape index (κ3) is 1.30. The molecule has 3 atom stereocenters. The molecule has 88 valence electrons. The molecule has 2 heterocycles. The van der Waals surface area contributed by atoms with Crippen molar-refractivity contribution in [3.05, 3.63) is 35.5 Å². The van der Waals surface area contributed by atoms with Crippen LogP contribution in [0.1, 0.15) is 23.5 Å². The first-order valence-corrected chi connectivity index (χ1v) is 6.41. The average molecular weight is 227 g/mol. The SMILES string of the molecule is N[C@H]1CN[C@@H]2Cc3c[nH]c4cccc(c34)C2C1. The zero-order valence-corrected chi connectivity index (χ0v) is 9.74. The number of aromatic amines is 1. The lowest BCUT2D eigenvalue weighted by atomic mass is 9.75. The van der Waals surface area contributed by atoms with Gasteiger partial charge in [0.05, 0.1) is 0 Å². The Morgan fingerprint density at radius 3 is 3.18 bits per heavy atom. The van der Waals surface area contributed by atoms with Gasteiger partial charge in [-0.3, -0.25) is 0 Å². The summed E-state index contributed by atoms with van der Waals surface area (Å²) in [5, 5.41) is 5.05. The van der Waals surface area contributed by atoms with Crippen molar-refractivity contribution in [1.29, 1.82) is 0 Å². The first-order chi connectivity index (χ1) is 8.33. The van der Waals surface area contributed by atoms with Crippen LogP contribution in [0.5, 0.6) is 0 Å². The third-order valence-electron chi connectivity index (χ3n) is 4.34. The Kier molecular flexibility index (Phi) is 1.90. The van der Waals surface area contributed by atoms with Crippen LogP contribution in [0, 0.1) is 0 Å². The Hall–Kier alpha value is -1.32. The van der Waals surface area contributed by atoms with Crippen LogP contribution < -0.4 is 11.1 Å². The predicted octanol–water partition coefficient (Wildman–Crippen LogP) is 1.50. The van der Waals surface area contributed by atoms with E-state index in [2.05, 4.69) is 34.7 Å². The van der Waals surface area contributed by atoms with E-state index in [1.54, 1.807) is 0 Å². The molecule has 1 aromatic heterocycles. The molecule has 3 heteroatoms. The molecule has 1 aliphatic heterocycles. The molecule has 0 spiro atoms. The summed E-state index contributed by atoms with van der Waals surface area (Å²) in [6.45, 7) is 0.955. The van der Waals surface area contributed by atoms with Gasteiger partial charge in [0.2, 0.25) is 0 Å². The minimum Gasteiger partial charge on any atom is -0.361 e. The van der Waals surface area contributed by atoms with Crippen LogP contribution in [0.15, 0.2) is 24.4 Å². The van der Waals surface area contributed by atoms with Crippen molar-refractivity contribution in [3.63, 3.8) is 0 Å². The lowest BCUT2D eigenvalue weighted by Crippen LogP contribution is -2.51. The quantitative estimate of drug-likeness (QED) is 0.639. The molecule has 1 aromatic carbocycles. The van der Waals surface area contributed by atoms with Gasteiger partial charge in [-0.15, -0.1) is 0 Å². The maximum absolute atomic E-state index is 6.09. The van der Waals surface area contributed by atoms with Crippen molar-refractivity contribution in [2.24, 2.45) is 5.73 Å². The largest absolute Gasteiger partial charge is 0.361 e. The summed E-state index contributed by atoms with van der Waals surface area (Å²) in [6.07, 6.45) is 4.41. The number of H-pyrrole nitrogens is 1. The van der Waals surface area contributed by atoms with E-state index in [4.69, 9.17) is 5.73 Å². The number of nitrogens with two attached hydrogens (primary N) is 1. The minimum absolute atomic E-state index is 0.298. The normalized spacial score (nSPS) is 31.5. The fraction of sp³-hybridized carbons (Fsp3) is 0.429. The molecule has 0 radical (unpaired) electrons. The summed E-state index contributed by atoms with van der Waals surface area (Å²) >= 11 is 0. The summed E-state index contributed by atoms with van der Waals surface area (Å²) in [7, 11) is 0. The van der Waals surface area contributed by atoms with Gasteiger partial charge in [0.15, 0.2) is 0 Å². The van der Waals surface area contributed by atoms with E-state index in [1.165, 1.54) is 22.0 Å². The van der Waals surface area contributed by atoms with Gasteiger partial charge in [-0.1, -0.05) is 12.1 Å². The average Bonchev–Trinajstić information content (AvgIpc) is 2.75. The van der Waals surface area contributed by atoms with Crippen molar-refractivity contribution < 1.29 is 0 Å². The molecule has 1 unspecified atom stereocenters. The molecule has 0 amide bonds. The van der Waals surface area contributed by atoms with Crippen LogP contribution >= 0.6 is 0 Å². The zero-order valence-electron chi connectivity index (χ0n) is 9.74. The molecule has 1 saturated heterocycles. The van der Waals surface area contributed by atoms with Gasteiger partial charge in [0.25, 0.3) is 0 Å². The highest BCUT2D eigenvalue weighted by Gasteiger charge is 2.34. The predicted molar refractivity (Wildman–Crippen MR) is 69.1 cm³/mol. The molecule has 0 bridgehead atoms. The Labute approximate surface area is 100 Å². The van der Waals surface area contributed by atoms with E-state index in [0.717, 1.165) is 19.4 Å². The molecular formula is C14H17N3.